The van der Waals surface area contributed by atoms with Gasteiger partial charge in [-0.15, -0.1) is 0 Å². The summed E-state index contributed by atoms with van der Waals surface area (Å²) >= 11 is 0. The normalized spacial score (nSPS) is 10.8. The van der Waals surface area contributed by atoms with Gasteiger partial charge in [-0.25, -0.2) is 15.0 Å². The number of hydrogen-bond donors (Lipinski definition) is 0. The number of nitriles is 9. The van der Waals surface area contributed by atoms with Crippen LogP contribution in [0.15, 0.2) is 243 Å². The summed E-state index contributed by atoms with van der Waals surface area (Å²) < 4.78 is 4.19. The number of benzene rings is 12. The van der Waals surface area contributed by atoms with Crippen molar-refractivity contribution in [2.75, 3.05) is 0 Å². The topological polar surface area (TPSA) is 263 Å². The molecule has 3 heterocycles. The summed E-state index contributed by atoms with van der Waals surface area (Å²) in [5.74, 6) is 1.26. The zero-order valence-corrected chi connectivity index (χ0v) is 51.4. The highest BCUT2D eigenvalue weighted by Gasteiger charge is 2.25. The maximum atomic E-state index is 12.1. The fraction of sp³-hybridized carbons (Fsp3) is 0. The van der Waals surface area contributed by atoms with Crippen LogP contribution in [0.1, 0.15) is 50.1 Å². The molecule has 446 valence electrons. The lowest BCUT2D eigenvalue weighted by molar-refractivity contribution is 1.07. The lowest BCUT2D eigenvalue weighted by Crippen LogP contribution is -2.04. The Morgan fingerprint density at radius 1 is 0.214 bits per heavy atom. The van der Waals surface area contributed by atoms with E-state index >= 15 is 0 Å². The van der Waals surface area contributed by atoms with Crippen LogP contribution < -0.4 is 0 Å². The van der Waals surface area contributed by atoms with Gasteiger partial charge in [-0.2, -0.15) is 47.4 Å². The van der Waals surface area contributed by atoms with Gasteiger partial charge in [-0.3, -0.25) is 0 Å². The van der Waals surface area contributed by atoms with E-state index in [9.17, 15) is 47.4 Å². The molecule has 0 aliphatic rings. The summed E-state index contributed by atoms with van der Waals surface area (Å²) in [5, 5.41) is 96.0. The monoisotopic (exact) mass is 1240 g/mol. The van der Waals surface area contributed by atoms with E-state index in [-0.39, 0.29) is 0 Å². The molecule has 12 aromatic carbocycles. The molecule has 14 nitrogen and oxygen atoms in total. The van der Waals surface area contributed by atoms with Crippen molar-refractivity contribution in [3.63, 3.8) is 0 Å². The molecule has 98 heavy (non-hydrogen) atoms. The predicted octanol–water partition coefficient (Wildman–Crippen LogP) is 18.2. The molecule has 15 aromatic rings. The molecule has 0 aliphatic carbocycles. The van der Waals surface area contributed by atoms with E-state index in [0.717, 1.165) is 77.0 Å². The van der Waals surface area contributed by atoms with Crippen LogP contribution in [0.3, 0.4) is 0 Å². The van der Waals surface area contributed by atoms with E-state index < -0.39 is 0 Å². The van der Waals surface area contributed by atoms with E-state index in [1.165, 1.54) is 0 Å². The van der Waals surface area contributed by atoms with Crippen LogP contribution in [-0.2, 0) is 0 Å². The van der Waals surface area contributed by atoms with Gasteiger partial charge in [0.25, 0.3) is 0 Å². The SMILES string of the molecule is N#Cc1cc(C#N)cc(-c2ccc3c(c2)c2cc(-c4cc(C#N)cc(C#N)c4)ccc2n3-c2ccc(-c3nc(-c4ccccc4)nc(-c4ccccc4)n3)cc2-c2cccc(-n3c4ccc(-c5cc(C#N)cc(C#N)c5)cc4c4cc(-c5cc(C#N)cc(C#N)c5)ccc43)c2C#N)c1. The van der Waals surface area contributed by atoms with Gasteiger partial charge in [0.05, 0.1) is 132 Å². The zero-order valence-electron chi connectivity index (χ0n) is 51.4. The van der Waals surface area contributed by atoms with Crippen LogP contribution in [0.5, 0.6) is 0 Å². The lowest BCUT2D eigenvalue weighted by atomic mass is 9.94. The van der Waals surface area contributed by atoms with Crippen molar-refractivity contribution in [1.82, 2.24) is 24.1 Å². The minimum Gasteiger partial charge on any atom is -0.309 e. The maximum Gasteiger partial charge on any atom is 0.164 e. The third kappa shape index (κ3) is 10.4. The average Bonchev–Trinajstić information content (AvgIpc) is 1.60. The van der Waals surface area contributed by atoms with Crippen molar-refractivity contribution in [3.8, 4) is 156 Å². The average molecular weight is 1250 g/mol. The molecule has 0 aliphatic heterocycles. The summed E-state index contributed by atoms with van der Waals surface area (Å²) in [6.07, 6.45) is 0. The molecule has 0 atom stereocenters. The summed E-state index contributed by atoms with van der Waals surface area (Å²) in [7, 11) is 0. The second-order valence-electron chi connectivity index (χ2n) is 23.3. The largest absolute Gasteiger partial charge is 0.309 e. The number of rotatable bonds is 10. The molecular weight excluding hydrogens is 1210 g/mol. The van der Waals surface area contributed by atoms with Gasteiger partial charge in [-0.05, 0) is 190 Å². The van der Waals surface area contributed by atoms with Crippen molar-refractivity contribution in [2.24, 2.45) is 0 Å². The second kappa shape index (κ2) is 24.4. The Kier molecular flexibility index (Phi) is 14.7. The van der Waals surface area contributed by atoms with E-state index in [1.54, 1.807) is 72.8 Å². The Hall–Kier alpha value is -15.3. The van der Waals surface area contributed by atoms with Gasteiger partial charge >= 0.3 is 0 Å². The molecule has 0 spiro atoms. The molecule has 3 aromatic heterocycles. The lowest BCUT2D eigenvalue weighted by Gasteiger charge is -2.19. The third-order valence-corrected chi connectivity index (χ3v) is 17.5. The Morgan fingerprint density at radius 2 is 0.520 bits per heavy atom. The molecule has 14 heteroatoms. The van der Waals surface area contributed by atoms with Crippen molar-refractivity contribution >= 4 is 43.6 Å². The molecule has 0 N–H and O–H groups in total. The molecule has 0 radical (unpaired) electrons. The van der Waals surface area contributed by atoms with E-state index in [1.807, 2.05) is 170 Å². The van der Waals surface area contributed by atoms with Crippen molar-refractivity contribution < 1.29 is 0 Å². The van der Waals surface area contributed by atoms with E-state index in [4.69, 9.17) is 15.0 Å². The first-order valence-corrected chi connectivity index (χ1v) is 30.6. The Labute approximate surface area is 560 Å². The molecule has 0 saturated heterocycles. The first-order valence-electron chi connectivity index (χ1n) is 30.6. The molecular formula is C84H40N14. The third-order valence-electron chi connectivity index (χ3n) is 17.5. The van der Waals surface area contributed by atoms with Gasteiger partial charge in [0.1, 0.15) is 6.07 Å². The highest BCUT2D eigenvalue weighted by atomic mass is 15.0. The van der Waals surface area contributed by atoms with Gasteiger partial charge < -0.3 is 9.13 Å². The number of nitrogens with zero attached hydrogens (tertiary/aromatic N) is 14. The van der Waals surface area contributed by atoms with Gasteiger partial charge in [0, 0.05) is 49.4 Å². The van der Waals surface area contributed by atoms with Crippen LogP contribution in [0, 0.1) is 102 Å². The Morgan fingerprint density at radius 3 is 0.837 bits per heavy atom. The highest BCUT2D eigenvalue weighted by Crippen LogP contribution is 2.45. The minimum atomic E-state index is 0.297. The fourth-order valence-electron chi connectivity index (χ4n) is 13.1. The summed E-state index contributed by atoms with van der Waals surface area (Å²) in [6.45, 7) is 0. The van der Waals surface area contributed by atoms with Crippen LogP contribution >= 0.6 is 0 Å². The first-order chi connectivity index (χ1) is 48.1. The van der Waals surface area contributed by atoms with Crippen LogP contribution in [0.25, 0.3) is 145 Å². The molecule has 0 fully saturated rings. The minimum absolute atomic E-state index is 0.297. The molecule has 0 unspecified atom stereocenters. The van der Waals surface area contributed by atoms with Gasteiger partial charge in [-0.1, -0.05) is 97.1 Å². The number of hydrogen-bond acceptors (Lipinski definition) is 12. The quantitative estimate of drug-likeness (QED) is 0.124. The second-order valence-corrected chi connectivity index (χ2v) is 23.3. The van der Waals surface area contributed by atoms with Crippen LogP contribution in [0.4, 0.5) is 0 Å². The molecule has 0 amide bonds. The summed E-state index contributed by atoms with van der Waals surface area (Å²) in [4.78, 5) is 15.4. The highest BCUT2D eigenvalue weighted by molar-refractivity contribution is 6.14. The van der Waals surface area contributed by atoms with Crippen molar-refractivity contribution in [1.29, 1.82) is 47.4 Å². The number of aromatic nitrogens is 5. The van der Waals surface area contributed by atoms with Crippen LogP contribution in [0.2, 0.25) is 0 Å². The summed E-state index contributed by atoms with van der Waals surface area (Å²) in [5.41, 5.74) is 15.8. The van der Waals surface area contributed by atoms with Crippen LogP contribution in [-0.4, -0.2) is 24.1 Å². The smallest absolute Gasteiger partial charge is 0.164 e. The maximum absolute atomic E-state index is 12.1. The van der Waals surface area contributed by atoms with E-state index in [2.05, 4.69) is 63.8 Å². The summed E-state index contributed by atoms with van der Waals surface area (Å²) in [6, 6.07) is 95.2. The first kappa shape index (κ1) is 59.0. The standard InChI is InChI=1S/C84H40N14/c85-41-50-24-51(42-86)29-65(28-50)60-14-19-78-71(36-60)72-37-61(66-30-52(43-87)25-53(31-66)44-88)15-20-79(72)97(78)76-13-7-12-69(75(76)49-93)70-40-64(84-95-82(58-8-3-1-4-9-58)94-83(96-84)59-10-5-2-6-11-59)18-23-77(70)98-80-21-16-62(67-32-54(45-89)26-55(33-67)46-90)38-73(80)74-39-63(17-22-81(74)98)68-34-56(47-91)27-57(35-68)48-92/h1-40H. The Balaban J connectivity index is 1.02. The molecule has 0 bridgehead atoms. The molecule has 0 saturated carbocycles. The zero-order chi connectivity index (χ0) is 67.1. The van der Waals surface area contributed by atoms with Crippen molar-refractivity contribution in [2.45, 2.75) is 0 Å². The Bertz CT molecular complexity index is 5920. The fourth-order valence-corrected chi connectivity index (χ4v) is 13.1. The number of fused-ring (bicyclic) bond motifs is 6. The molecule has 15 rings (SSSR count). The van der Waals surface area contributed by atoms with Gasteiger partial charge in [0.2, 0.25) is 0 Å². The van der Waals surface area contributed by atoms with Crippen molar-refractivity contribution in [3.05, 3.63) is 293 Å². The van der Waals surface area contributed by atoms with Gasteiger partial charge in [0.15, 0.2) is 17.5 Å². The predicted molar refractivity (Wildman–Crippen MR) is 374 cm³/mol. The van der Waals surface area contributed by atoms with E-state index in [0.29, 0.717) is 118 Å².